The van der Waals surface area contributed by atoms with Gasteiger partial charge in [0.25, 0.3) is 11.5 Å². The molecule has 0 spiro atoms. The molecular formula is C21H22N4O2. The molecule has 0 aliphatic carbocycles. The number of carbonyl (C=O) groups is 1. The minimum atomic E-state index is -0.111. The molecule has 0 unspecified atom stereocenters. The maximum absolute atomic E-state index is 12.6. The lowest BCUT2D eigenvalue weighted by Crippen LogP contribution is -2.49. The number of rotatable bonds is 3. The molecule has 27 heavy (non-hydrogen) atoms. The van der Waals surface area contributed by atoms with E-state index in [4.69, 9.17) is 0 Å². The van der Waals surface area contributed by atoms with Crippen molar-refractivity contribution in [3.05, 3.63) is 76.3 Å². The van der Waals surface area contributed by atoms with E-state index in [1.54, 1.807) is 6.07 Å². The summed E-state index contributed by atoms with van der Waals surface area (Å²) in [6.07, 6.45) is 0. The van der Waals surface area contributed by atoms with Crippen molar-refractivity contribution in [3.63, 3.8) is 0 Å². The van der Waals surface area contributed by atoms with Crippen molar-refractivity contribution in [3.8, 4) is 0 Å². The summed E-state index contributed by atoms with van der Waals surface area (Å²) >= 11 is 0. The van der Waals surface area contributed by atoms with Gasteiger partial charge in [-0.3, -0.25) is 14.5 Å². The minimum Gasteiger partial charge on any atom is -0.336 e. The molecule has 0 saturated carbocycles. The summed E-state index contributed by atoms with van der Waals surface area (Å²) in [7, 11) is 0. The largest absolute Gasteiger partial charge is 0.336 e. The van der Waals surface area contributed by atoms with Crippen LogP contribution in [0.5, 0.6) is 0 Å². The topological polar surface area (TPSA) is 69.3 Å². The highest BCUT2D eigenvalue weighted by Gasteiger charge is 2.26. The van der Waals surface area contributed by atoms with Gasteiger partial charge >= 0.3 is 0 Å². The number of H-pyrrole nitrogens is 1. The second-order valence-electron chi connectivity index (χ2n) is 6.84. The second kappa shape index (κ2) is 7.32. The Balaban J connectivity index is 1.47. The molecule has 1 saturated heterocycles. The Kier molecular flexibility index (Phi) is 4.73. The number of hydrogen-bond acceptors (Lipinski definition) is 4. The van der Waals surface area contributed by atoms with Crippen LogP contribution in [0.2, 0.25) is 0 Å². The van der Waals surface area contributed by atoms with Gasteiger partial charge in [-0.25, -0.2) is 4.98 Å². The van der Waals surface area contributed by atoms with Gasteiger partial charge in [-0.15, -0.1) is 0 Å². The number of fused-ring (bicyclic) bond motifs is 1. The third-order valence-corrected chi connectivity index (χ3v) is 5.20. The molecule has 1 atom stereocenters. The van der Waals surface area contributed by atoms with Crippen LogP contribution in [-0.4, -0.2) is 51.9 Å². The Bertz CT molecular complexity index is 1010. The third kappa shape index (κ3) is 3.48. The van der Waals surface area contributed by atoms with Crippen LogP contribution in [0.3, 0.4) is 0 Å². The van der Waals surface area contributed by atoms with Crippen LogP contribution in [-0.2, 0) is 0 Å². The number of hydrogen-bond donors (Lipinski definition) is 1. The summed E-state index contributed by atoms with van der Waals surface area (Å²) in [6.45, 7) is 4.86. The molecule has 6 heteroatoms. The fourth-order valence-corrected chi connectivity index (χ4v) is 3.55. The van der Waals surface area contributed by atoms with E-state index in [1.807, 2.05) is 60.4 Å². The molecule has 4 rings (SSSR count). The summed E-state index contributed by atoms with van der Waals surface area (Å²) < 4.78 is 0. The van der Waals surface area contributed by atoms with Crippen molar-refractivity contribution in [2.45, 2.75) is 13.0 Å². The zero-order chi connectivity index (χ0) is 18.8. The first-order valence-corrected chi connectivity index (χ1v) is 9.21. The normalized spacial score (nSPS) is 16.4. The summed E-state index contributed by atoms with van der Waals surface area (Å²) in [5.41, 5.74) is 1.32. The highest BCUT2D eigenvalue weighted by Crippen LogP contribution is 2.20. The first kappa shape index (κ1) is 17.4. The highest BCUT2D eigenvalue weighted by molar-refractivity contribution is 5.94. The number of para-hydroxylation sites is 1. The van der Waals surface area contributed by atoms with E-state index < -0.39 is 0 Å². The molecule has 1 amide bonds. The first-order valence-electron chi connectivity index (χ1n) is 9.21. The Labute approximate surface area is 157 Å². The summed E-state index contributed by atoms with van der Waals surface area (Å²) in [5.74, 6) is 0.738. The maximum Gasteiger partial charge on any atom is 0.258 e. The second-order valence-corrected chi connectivity index (χ2v) is 6.84. The Morgan fingerprint density at radius 2 is 1.67 bits per heavy atom. The molecule has 6 nitrogen and oxygen atoms in total. The quantitative estimate of drug-likeness (QED) is 0.777. The molecule has 1 N–H and O–H groups in total. The predicted octanol–water partition coefficient (Wildman–Crippen LogP) is 2.44. The number of benzene rings is 2. The van der Waals surface area contributed by atoms with Gasteiger partial charge in [0.2, 0.25) is 0 Å². The molecule has 0 radical (unpaired) electrons. The first-order chi connectivity index (χ1) is 13.1. The highest BCUT2D eigenvalue weighted by atomic mass is 16.2. The lowest BCUT2D eigenvalue weighted by Gasteiger charge is -2.37. The lowest BCUT2D eigenvalue weighted by atomic mass is 10.1. The van der Waals surface area contributed by atoms with Crippen molar-refractivity contribution in [2.24, 2.45) is 0 Å². The molecule has 1 fully saturated rings. The molecule has 2 aromatic carbocycles. The van der Waals surface area contributed by atoms with Crippen LogP contribution in [0.1, 0.15) is 29.1 Å². The van der Waals surface area contributed by atoms with E-state index >= 15 is 0 Å². The number of nitrogens with zero attached hydrogens (tertiary/aromatic N) is 3. The van der Waals surface area contributed by atoms with Gasteiger partial charge in [0.05, 0.1) is 16.9 Å². The van der Waals surface area contributed by atoms with Gasteiger partial charge < -0.3 is 9.88 Å². The SMILES string of the molecule is C[C@@H](c1nc2ccccc2c(=O)[nH]1)N1CCN(C(=O)c2ccccc2)CC1. The summed E-state index contributed by atoms with van der Waals surface area (Å²) in [4.78, 5) is 36.6. The van der Waals surface area contributed by atoms with Crippen molar-refractivity contribution in [1.29, 1.82) is 0 Å². The van der Waals surface area contributed by atoms with Crippen LogP contribution >= 0.6 is 0 Å². The van der Waals surface area contributed by atoms with Crippen LogP contribution in [0.15, 0.2) is 59.4 Å². The Morgan fingerprint density at radius 1 is 1.00 bits per heavy atom. The molecule has 138 valence electrons. The van der Waals surface area contributed by atoms with Gasteiger partial charge in [-0.1, -0.05) is 30.3 Å². The monoisotopic (exact) mass is 362 g/mol. The van der Waals surface area contributed by atoms with Gasteiger partial charge in [0, 0.05) is 31.7 Å². The molecule has 1 aromatic heterocycles. The standard InChI is InChI=1S/C21H22N4O2/c1-15(19-22-18-10-6-5-9-17(18)20(26)23-19)24-11-13-25(14-12-24)21(27)16-7-3-2-4-8-16/h2-10,15H,11-14H2,1H3,(H,22,23,26)/t15-/m0/s1. The number of carbonyl (C=O) groups excluding carboxylic acids is 1. The molecule has 3 aromatic rings. The number of amides is 1. The predicted molar refractivity (Wildman–Crippen MR) is 105 cm³/mol. The van der Waals surface area contributed by atoms with E-state index in [0.29, 0.717) is 29.8 Å². The third-order valence-electron chi connectivity index (χ3n) is 5.20. The fourth-order valence-electron chi connectivity index (χ4n) is 3.55. The zero-order valence-electron chi connectivity index (χ0n) is 15.3. The minimum absolute atomic E-state index is 0.0173. The van der Waals surface area contributed by atoms with Gasteiger partial charge in [-0.2, -0.15) is 0 Å². The average molecular weight is 362 g/mol. The Morgan fingerprint density at radius 3 is 2.41 bits per heavy atom. The van der Waals surface area contributed by atoms with Crippen LogP contribution in [0.4, 0.5) is 0 Å². The molecule has 2 heterocycles. The molecule has 1 aliphatic heterocycles. The van der Waals surface area contributed by atoms with Gasteiger partial charge in [-0.05, 0) is 31.2 Å². The Hall–Kier alpha value is -2.99. The van der Waals surface area contributed by atoms with Crippen LogP contribution in [0, 0.1) is 0 Å². The van der Waals surface area contributed by atoms with Crippen molar-refractivity contribution < 1.29 is 4.79 Å². The number of aromatic amines is 1. The van der Waals surface area contributed by atoms with Crippen molar-refractivity contribution in [2.75, 3.05) is 26.2 Å². The van der Waals surface area contributed by atoms with Crippen LogP contribution < -0.4 is 5.56 Å². The molecule has 0 bridgehead atoms. The summed E-state index contributed by atoms with van der Waals surface area (Å²) in [6, 6.07) is 16.7. The van der Waals surface area contributed by atoms with Gasteiger partial charge in [0.15, 0.2) is 0 Å². The fraction of sp³-hybridized carbons (Fsp3) is 0.286. The molecule has 1 aliphatic rings. The number of nitrogens with one attached hydrogen (secondary N) is 1. The zero-order valence-corrected chi connectivity index (χ0v) is 15.3. The number of piperazine rings is 1. The smallest absolute Gasteiger partial charge is 0.258 e. The van der Waals surface area contributed by atoms with E-state index in [1.165, 1.54) is 0 Å². The lowest BCUT2D eigenvalue weighted by molar-refractivity contribution is 0.0575. The summed E-state index contributed by atoms with van der Waals surface area (Å²) in [5, 5.41) is 0.603. The van der Waals surface area contributed by atoms with E-state index in [0.717, 1.165) is 18.7 Å². The van der Waals surface area contributed by atoms with E-state index in [2.05, 4.69) is 14.9 Å². The van der Waals surface area contributed by atoms with E-state index in [9.17, 15) is 9.59 Å². The molecular weight excluding hydrogens is 340 g/mol. The van der Waals surface area contributed by atoms with Gasteiger partial charge in [0.1, 0.15) is 5.82 Å². The number of aromatic nitrogens is 2. The van der Waals surface area contributed by atoms with Crippen molar-refractivity contribution >= 4 is 16.8 Å². The maximum atomic E-state index is 12.6. The van der Waals surface area contributed by atoms with Crippen LogP contribution in [0.25, 0.3) is 10.9 Å². The average Bonchev–Trinajstić information content (AvgIpc) is 2.73. The van der Waals surface area contributed by atoms with Crippen molar-refractivity contribution in [1.82, 2.24) is 19.8 Å². The van der Waals surface area contributed by atoms with E-state index in [-0.39, 0.29) is 17.5 Å².